The topological polar surface area (TPSA) is 44.4 Å². The van der Waals surface area contributed by atoms with Gasteiger partial charge in [0.1, 0.15) is 5.78 Å². The van der Waals surface area contributed by atoms with Crippen molar-refractivity contribution in [2.75, 3.05) is 12.1 Å². The molecule has 5 heteroatoms. The molecule has 0 aromatic heterocycles. The Balaban J connectivity index is 0.000000670. The predicted molar refractivity (Wildman–Crippen MR) is 99.3 cm³/mol. The Morgan fingerprint density at radius 2 is 2.09 bits per heavy atom. The number of nitrogens with zero attached hydrogens (tertiary/aromatic N) is 1. The third kappa shape index (κ3) is 3.14. The van der Waals surface area contributed by atoms with Crippen LogP contribution in [0.25, 0.3) is 0 Å². The number of ketones is 1. The fourth-order valence-corrected chi connectivity index (χ4v) is 4.94. The van der Waals surface area contributed by atoms with Crippen LogP contribution in [0.5, 0.6) is 0 Å². The number of hydrogen-bond acceptors (Lipinski definition) is 5. The number of nitrogens with one attached hydrogen (secondary N) is 2. The second-order valence-electron chi connectivity index (χ2n) is 6.44. The monoisotopic (exact) mass is 335 g/mol. The minimum atomic E-state index is 0. The van der Waals surface area contributed by atoms with E-state index >= 15 is 0 Å². The summed E-state index contributed by atoms with van der Waals surface area (Å²) in [6.45, 7) is 6.64. The van der Waals surface area contributed by atoms with Crippen LogP contribution in [0.1, 0.15) is 52.2 Å². The first-order valence-electron chi connectivity index (χ1n) is 8.67. The van der Waals surface area contributed by atoms with Crippen molar-refractivity contribution in [1.82, 2.24) is 10.1 Å². The standard InChI is InChI=1S/C16H21N3OS.C2H6.H2/c1-9(20)16-14(10-3-4-10)15(18-21-16)11-5-6-12-8-17-19(2)13(12)7-11;1-2;/h5-7,10,14-18H,3-4,8H2,1-2H3;1-2H3;1H. The Labute approximate surface area is 145 Å². The van der Waals surface area contributed by atoms with Crippen LogP contribution in [0.4, 0.5) is 5.69 Å². The molecule has 2 N–H and O–H groups in total. The average molecular weight is 336 g/mol. The molecule has 0 bridgehead atoms. The average Bonchev–Trinajstić information content (AvgIpc) is 3.20. The number of anilines is 1. The van der Waals surface area contributed by atoms with Gasteiger partial charge in [0, 0.05) is 27.0 Å². The number of carbonyl (C=O) groups is 1. The molecule has 4 nitrogen and oxygen atoms in total. The minimum absolute atomic E-state index is 0. The molecule has 128 valence electrons. The van der Waals surface area contributed by atoms with E-state index in [2.05, 4.69) is 40.4 Å². The second-order valence-corrected chi connectivity index (χ2v) is 7.42. The molecule has 0 radical (unpaired) electrons. The summed E-state index contributed by atoms with van der Waals surface area (Å²) in [5, 5.41) is 2.21. The maximum absolute atomic E-state index is 11.9. The number of hydrazine groups is 1. The number of fused-ring (bicyclic) bond motifs is 1. The Kier molecular flexibility index (Phi) is 4.99. The summed E-state index contributed by atoms with van der Waals surface area (Å²) in [6.07, 6.45) is 2.55. The third-order valence-corrected chi connectivity index (χ3v) is 6.25. The summed E-state index contributed by atoms with van der Waals surface area (Å²) in [5.41, 5.74) is 7.26. The van der Waals surface area contributed by atoms with Crippen LogP contribution in [0.3, 0.4) is 0 Å². The van der Waals surface area contributed by atoms with Gasteiger partial charge < -0.3 is 5.01 Å². The van der Waals surface area contributed by atoms with E-state index in [0.717, 1.165) is 12.5 Å². The second kappa shape index (κ2) is 6.83. The maximum Gasteiger partial charge on any atom is 0.144 e. The van der Waals surface area contributed by atoms with Gasteiger partial charge >= 0.3 is 0 Å². The summed E-state index contributed by atoms with van der Waals surface area (Å²) in [5.74, 6) is 1.48. The Bertz CT molecular complexity index is 594. The van der Waals surface area contributed by atoms with Crippen molar-refractivity contribution in [2.45, 2.75) is 51.4 Å². The zero-order valence-electron chi connectivity index (χ0n) is 14.4. The lowest BCUT2D eigenvalue weighted by Crippen LogP contribution is -2.27. The van der Waals surface area contributed by atoms with Crippen LogP contribution in [-0.4, -0.2) is 18.1 Å². The molecular formula is C18H29N3OS. The molecule has 1 aromatic carbocycles. The van der Waals surface area contributed by atoms with Crippen LogP contribution < -0.4 is 15.2 Å². The summed E-state index contributed by atoms with van der Waals surface area (Å²) in [4.78, 5) is 11.9. The quantitative estimate of drug-likeness (QED) is 0.825. The highest BCUT2D eigenvalue weighted by Crippen LogP contribution is 2.52. The number of rotatable bonds is 3. The Morgan fingerprint density at radius 3 is 2.74 bits per heavy atom. The molecule has 2 fully saturated rings. The Morgan fingerprint density at radius 1 is 1.35 bits per heavy atom. The molecule has 1 saturated carbocycles. The first kappa shape index (κ1) is 16.8. The van der Waals surface area contributed by atoms with Gasteiger partial charge in [0.25, 0.3) is 0 Å². The highest BCUT2D eigenvalue weighted by molar-refractivity contribution is 7.99. The molecule has 3 unspecified atom stereocenters. The molecule has 1 saturated heterocycles. The van der Waals surface area contributed by atoms with E-state index in [1.807, 2.05) is 13.8 Å². The summed E-state index contributed by atoms with van der Waals surface area (Å²) in [7, 11) is 2.06. The van der Waals surface area contributed by atoms with Gasteiger partial charge in [0.05, 0.1) is 10.9 Å². The minimum Gasteiger partial charge on any atom is -0.311 e. The normalized spacial score (nSPS) is 29.0. The highest BCUT2D eigenvalue weighted by Gasteiger charge is 2.48. The molecular weight excluding hydrogens is 306 g/mol. The van der Waals surface area contributed by atoms with Crippen molar-refractivity contribution in [1.29, 1.82) is 0 Å². The lowest BCUT2D eigenvalue weighted by molar-refractivity contribution is -0.117. The van der Waals surface area contributed by atoms with Gasteiger partial charge in [-0.2, -0.15) is 0 Å². The fourth-order valence-electron chi connectivity index (χ4n) is 3.65. The van der Waals surface area contributed by atoms with Crippen molar-refractivity contribution in [2.24, 2.45) is 11.8 Å². The van der Waals surface area contributed by atoms with E-state index < -0.39 is 0 Å². The van der Waals surface area contributed by atoms with Crippen LogP contribution in [0.15, 0.2) is 18.2 Å². The molecule has 1 aromatic rings. The van der Waals surface area contributed by atoms with E-state index in [4.69, 9.17) is 0 Å². The van der Waals surface area contributed by atoms with E-state index in [-0.39, 0.29) is 6.68 Å². The highest BCUT2D eigenvalue weighted by atomic mass is 32.2. The van der Waals surface area contributed by atoms with E-state index in [9.17, 15) is 4.79 Å². The van der Waals surface area contributed by atoms with E-state index in [1.165, 1.54) is 29.7 Å². The van der Waals surface area contributed by atoms with Crippen molar-refractivity contribution >= 4 is 23.4 Å². The van der Waals surface area contributed by atoms with Gasteiger partial charge in [0.15, 0.2) is 0 Å². The van der Waals surface area contributed by atoms with Gasteiger partial charge in [0.2, 0.25) is 0 Å². The molecule has 2 heterocycles. The Hall–Kier alpha value is -1.04. The van der Waals surface area contributed by atoms with Gasteiger partial charge in [-0.3, -0.25) is 9.52 Å². The van der Waals surface area contributed by atoms with E-state index in [1.54, 1.807) is 18.9 Å². The molecule has 2 aliphatic heterocycles. The summed E-state index contributed by atoms with van der Waals surface area (Å²) in [6, 6.07) is 7.04. The van der Waals surface area contributed by atoms with Crippen molar-refractivity contribution in [3.05, 3.63) is 29.3 Å². The van der Waals surface area contributed by atoms with Crippen LogP contribution in [0.2, 0.25) is 0 Å². The molecule has 3 atom stereocenters. The number of hydrogen-bond donors (Lipinski definition) is 2. The largest absolute Gasteiger partial charge is 0.311 e. The van der Waals surface area contributed by atoms with Crippen LogP contribution in [-0.2, 0) is 11.3 Å². The van der Waals surface area contributed by atoms with Gasteiger partial charge in [-0.25, -0.2) is 5.43 Å². The number of Topliss-reactive ketones (excluding diaryl/α,β-unsaturated/α-hetero) is 1. The van der Waals surface area contributed by atoms with E-state index in [0.29, 0.717) is 17.7 Å². The molecule has 0 amide bonds. The van der Waals surface area contributed by atoms with Crippen molar-refractivity contribution in [3.63, 3.8) is 0 Å². The SMILES string of the molecule is CC.CC(=O)C1SNC(c2ccc3c(c2)N(C)NC3)C1C1CC1.[HH]. The van der Waals surface area contributed by atoms with Crippen LogP contribution >= 0.6 is 11.9 Å². The van der Waals surface area contributed by atoms with Gasteiger partial charge in [-0.05, 0) is 42.9 Å². The molecule has 0 spiro atoms. The predicted octanol–water partition coefficient (Wildman–Crippen LogP) is 3.69. The lowest BCUT2D eigenvalue weighted by Gasteiger charge is -2.23. The zero-order valence-corrected chi connectivity index (χ0v) is 15.2. The summed E-state index contributed by atoms with van der Waals surface area (Å²) >= 11 is 1.64. The first-order valence-corrected chi connectivity index (χ1v) is 9.55. The van der Waals surface area contributed by atoms with Gasteiger partial charge in [-0.15, -0.1) is 0 Å². The zero-order chi connectivity index (χ0) is 16.6. The van der Waals surface area contributed by atoms with Crippen molar-refractivity contribution in [3.8, 4) is 0 Å². The molecule has 4 rings (SSSR count). The first-order chi connectivity index (χ1) is 11.1. The fraction of sp³-hybridized carbons (Fsp3) is 0.611. The third-order valence-electron chi connectivity index (χ3n) is 4.96. The molecule has 3 aliphatic rings. The lowest BCUT2D eigenvalue weighted by atomic mass is 9.85. The maximum atomic E-state index is 11.9. The molecule has 23 heavy (non-hydrogen) atoms. The van der Waals surface area contributed by atoms with Gasteiger partial charge in [-0.1, -0.05) is 37.9 Å². The van der Waals surface area contributed by atoms with Crippen LogP contribution in [0, 0.1) is 11.8 Å². The number of carbonyl (C=O) groups excluding carboxylic acids is 1. The number of benzene rings is 1. The van der Waals surface area contributed by atoms with Crippen molar-refractivity contribution < 1.29 is 6.22 Å². The smallest absolute Gasteiger partial charge is 0.144 e. The molecule has 1 aliphatic carbocycles. The summed E-state index contributed by atoms with van der Waals surface area (Å²) < 4.78 is 3.54.